The van der Waals surface area contributed by atoms with Crippen LogP contribution in [-0.4, -0.2) is 45.7 Å². The van der Waals surface area contributed by atoms with Crippen LogP contribution in [0, 0.1) is 0 Å². The van der Waals surface area contributed by atoms with Gasteiger partial charge in [-0.2, -0.15) is 0 Å². The van der Waals surface area contributed by atoms with E-state index in [0.29, 0.717) is 9.87 Å². The van der Waals surface area contributed by atoms with E-state index in [2.05, 4.69) is 0 Å². The molecule has 2 rings (SSSR count). The van der Waals surface area contributed by atoms with Crippen LogP contribution in [0.2, 0.25) is 0 Å². The highest BCUT2D eigenvalue weighted by molar-refractivity contribution is 7.90. The minimum absolute atomic E-state index is 0.0313. The van der Waals surface area contributed by atoms with Crippen molar-refractivity contribution in [2.75, 3.05) is 27.1 Å². The lowest BCUT2D eigenvalue weighted by atomic mass is 9.96. The average molecular weight is 421 g/mol. The third-order valence-electron chi connectivity index (χ3n) is 3.89. The van der Waals surface area contributed by atoms with E-state index in [4.69, 9.17) is 18.3 Å². The van der Waals surface area contributed by atoms with Crippen molar-refractivity contribution in [2.45, 2.75) is 38.5 Å². The van der Waals surface area contributed by atoms with Crippen molar-refractivity contribution in [3.63, 3.8) is 0 Å². The maximum atomic E-state index is 13.0. The fourth-order valence-electron chi connectivity index (χ4n) is 2.72. The molecule has 0 unspecified atom stereocenters. The van der Waals surface area contributed by atoms with E-state index in [1.165, 1.54) is 13.2 Å². The van der Waals surface area contributed by atoms with Crippen LogP contribution in [0.5, 0.6) is 5.75 Å². The Morgan fingerprint density at radius 1 is 1.11 bits per heavy atom. The number of carbonyl (C=O) groups is 1. The van der Waals surface area contributed by atoms with Crippen molar-refractivity contribution in [1.29, 1.82) is 0 Å². The number of hydrogen-bond acceptors (Lipinski definition) is 8. The van der Waals surface area contributed by atoms with Crippen molar-refractivity contribution in [3.8, 4) is 5.75 Å². The van der Waals surface area contributed by atoms with Gasteiger partial charge in [0.15, 0.2) is 0 Å². The Morgan fingerprint density at radius 2 is 1.70 bits per heavy atom. The van der Waals surface area contributed by atoms with E-state index in [1.54, 1.807) is 19.9 Å². The van der Waals surface area contributed by atoms with Crippen LogP contribution < -0.4 is 4.74 Å². The summed E-state index contributed by atoms with van der Waals surface area (Å²) in [4.78, 5) is 12.7. The number of ether oxygens (including phenoxy) is 1. The molecule has 0 saturated heterocycles. The van der Waals surface area contributed by atoms with E-state index < -0.39 is 30.5 Å². The van der Waals surface area contributed by atoms with Gasteiger partial charge in [0, 0.05) is 0 Å². The van der Waals surface area contributed by atoms with Crippen molar-refractivity contribution in [3.05, 3.63) is 23.3 Å². The Bertz CT molecular complexity index is 857. The lowest BCUT2D eigenvalue weighted by Gasteiger charge is -2.20. The van der Waals surface area contributed by atoms with Crippen molar-refractivity contribution < 1.29 is 36.1 Å². The highest BCUT2D eigenvalue weighted by Gasteiger charge is 2.46. The summed E-state index contributed by atoms with van der Waals surface area (Å²) in [6.07, 6.45) is 0. The molecule has 0 saturated carbocycles. The molecule has 152 valence electrons. The highest BCUT2D eigenvalue weighted by atomic mass is 32.2. The number of benzene rings is 1. The van der Waals surface area contributed by atoms with Crippen LogP contribution in [0.4, 0.5) is 0 Å². The van der Waals surface area contributed by atoms with Crippen LogP contribution in [0.1, 0.15) is 49.5 Å². The summed E-state index contributed by atoms with van der Waals surface area (Å²) in [6.45, 7) is 6.13. The standard InChI is InChI=1S/C16H24NO8PS/c1-6-23-26(19,24-7-2)25-10-17-16(18)14-12(11(3)4)8-9-13(22-5)15(14)27(17,20)21/h8-9,11H,6-7,10H2,1-5H3. The first-order valence-corrected chi connectivity index (χ1v) is 11.3. The van der Waals surface area contributed by atoms with Gasteiger partial charge in [-0.3, -0.25) is 18.4 Å². The minimum Gasteiger partial charge on any atom is -0.495 e. The van der Waals surface area contributed by atoms with E-state index >= 15 is 0 Å². The molecule has 1 aromatic rings. The molecule has 0 aromatic heterocycles. The van der Waals surface area contributed by atoms with Crippen LogP contribution in [0.3, 0.4) is 0 Å². The lowest BCUT2D eigenvalue weighted by molar-refractivity contribution is 0.0675. The third-order valence-corrected chi connectivity index (χ3v) is 7.24. The maximum absolute atomic E-state index is 13.0. The topological polar surface area (TPSA) is 108 Å². The van der Waals surface area contributed by atoms with Crippen LogP contribution in [0.25, 0.3) is 0 Å². The molecule has 0 bridgehead atoms. The predicted octanol–water partition coefficient (Wildman–Crippen LogP) is 3.12. The highest BCUT2D eigenvalue weighted by Crippen LogP contribution is 2.50. The predicted molar refractivity (Wildman–Crippen MR) is 97.2 cm³/mol. The van der Waals surface area contributed by atoms with Crippen LogP contribution in [-0.2, 0) is 28.2 Å². The second-order valence-corrected chi connectivity index (χ2v) is 9.38. The summed E-state index contributed by atoms with van der Waals surface area (Å²) in [5.41, 5.74) is 0.607. The number of fused-ring (bicyclic) bond motifs is 1. The van der Waals surface area contributed by atoms with Gasteiger partial charge in [-0.25, -0.2) is 17.3 Å². The second kappa shape index (κ2) is 8.28. The number of phosphoric acid groups is 1. The van der Waals surface area contributed by atoms with E-state index in [0.717, 1.165) is 0 Å². The summed E-state index contributed by atoms with van der Waals surface area (Å²) in [5.74, 6) is -0.808. The van der Waals surface area contributed by atoms with E-state index in [9.17, 15) is 17.8 Å². The number of amides is 1. The minimum atomic E-state index is -4.25. The van der Waals surface area contributed by atoms with Gasteiger partial charge in [-0.1, -0.05) is 19.9 Å². The van der Waals surface area contributed by atoms with Gasteiger partial charge in [0.25, 0.3) is 15.9 Å². The Morgan fingerprint density at radius 3 is 2.19 bits per heavy atom. The van der Waals surface area contributed by atoms with Gasteiger partial charge in [-0.05, 0) is 31.4 Å². The zero-order valence-electron chi connectivity index (χ0n) is 15.9. The zero-order chi connectivity index (χ0) is 20.4. The van der Waals surface area contributed by atoms with Gasteiger partial charge in [0.2, 0.25) is 0 Å². The third kappa shape index (κ3) is 4.05. The largest absolute Gasteiger partial charge is 0.495 e. The number of sulfonamides is 1. The van der Waals surface area contributed by atoms with E-state index in [-0.39, 0.29) is 35.3 Å². The van der Waals surface area contributed by atoms with Crippen molar-refractivity contribution >= 4 is 23.8 Å². The molecule has 0 spiro atoms. The Labute approximate surface area is 159 Å². The zero-order valence-corrected chi connectivity index (χ0v) is 17.6. The number of nitrogens with zero attached hydrogens (tertiary/aromatic N) is 1. The molecule has 9 nitrogen and oxygen atoms in total. The summed E-state index contributed by atoms with van der Waals surface area (Å²) < 4.78 is 59.0. The molecule has 1 heterocycles. The second-order valence-electron chi connectivity index (χ2n) is 5.92. The normalized spacial score (nSPS) is 16.1. The van der Waals surface area contributed by atoms with Gasteiger partial charge in [-0.15, -0.1) is 0 Å². The molecule has 0 N–H and O–H groups in total. The monoisotopic (exact) mass is 421 g/mol. The molecule has 0 atom stereocenters. The Balaban J connectivity index is 2.46. The molecule has 1 aliphatic rings. The summed E-state index contributed by atoms with van der Waals surface area (Å²) in [5, 5.41) is 0. The van der Waals surface area contributed by atoms with Crippen LogP contribution >= 0.6 is 7.82 Å². The molecule has 1 aliphatic heterocycles. The summed E-state index contributed by atoms with van der Waals surface area (Å²) in [7, 11) is -6.91. The van der Waals surface area contributed by atoms with Gasteiger partial charge >= 0.3 is 7.82 Å². The molecule has 11 heteroatoms. The number of hydrogen-bond donors (Lipinski definition) is 0. The van der Waals surface area contributed by atoms with Gasteiger partial charge in [0.1, 0.15) is 17.4 Å². The Hall–Kier alpha value is -1.45. The fraction of sp³-hybridized carbons (Fsp3) is 0.562. The molecule has 1 amide bonds. The van der Waals surface area contributed by atoms with E-state index in [1.807, 2.05) is 13.8 Å². The van der Waals surface area contributed by atoms with Gasteiger partial charge in [0.05, 0.1) is 25.9 Å². The number of carbonyl (C=O) groups excluding carboxylic acids is 1. The van der Waals surface area contributed by atoms with Crippen molar-refractivity contribution in [1.82, 2.24) is 4.31 Å². The number of rotatable bonds is 9. The van der Waals surface area contributed by atoms with Gasteiger partial charge < -0.3 is 4.74 Å². The first kappa shape index (κ1) is 21.8. The summed E-state index contributed by atoms with van der Waals surface area (Å²) >= 11 is 0. The molecular formula is C16H24NO8PS. The quantitative estimate of drug-likeness (QED) is 0.560. The number of methoxy groups -OCH3 is 1. The molecule has 0 fully saturated rings. The maximum Gasteiger partial charge on any atom is 0.476 e. The van der Waals surface area contributed by atoms with Crippen LogP contribution in [0.15, 0.2) is 17.0 Å². The average Bonchev–Trinajstić information content (AvgIpc) is 2.79. The summed E-state index contributed by atoms with van der Waals surface area (Å²) in [6, 6.07) is 3.17. The first-order chi connectivity index (χ1) is 12.6. The molecule has 0 aliphatic carbocycles. The lowest BCUT2D eigenvalue weighted by Crippen LogP contribution is -2.32. The molecule has 0 radical (unpaired) electrons. The Kier molecular flexibility index (Phi) is 6.70. The SMILES string of the molecule is CCOP(=O)(OCC)OCN1C(=O)c2c(C(C)C)ccc(OC)c2S1(=O)=O. The smallest absolute Gasteiger partial charge is 0.476 e. The fourth-order valence-corrected chi connectivity index (χ4v) is 5.50. The molecule has 27 heavy (non-hydrogen) atoms. The van der Waals surface area contributed by atoms with Crippen molar-refractivity contribution in [2.24, 2.45) is 0 Å². The number of phosphoric ester groups is 1. The first-order valence-electron chi connectivity index (χ1n) is 8.44. The molecule has 1 aromatic carbocycles. The molecular weight excluding hydrogens is 397 g/mol.